The first-order chi connectivity index (χ1) is 11.6. The lowest BCUT2D eigenvalue weighted by atomic mass is 10.0. The Hall–Kier alpha value is -2.89. The van der Waals surface area contributed by atoms with Crippen molar-refractivity contribution in [1.82, 2.24) is 15.1 Å². The van der Waals surface area contributed by atoms with E-state index in [0.717, 1.165) is 47.5 Å². The highest BCUT2D eigenvalue weighted by Gasteiger charge is 2.27. The van der Waals surface area contributed by atoms with Gasteiger partial charge < -0.3 is 14.8 Å². The highest BCUT2D eigenvalue weighted by atomic mass is 16.5. The van der Waals surface area contributed by atoms with E-state index in [-0.39, 0.29) is 5.91 Å². The van der Waals surface area contributed by atoms with E-state index in [1.165, 1.54) is 0 Å². The molecule has 3 aromatic rings. The van der Waals surface area contributed by atoms with Crippen molar-refractivity contribution in [3.63, 3.8) is 0 Å². The van der Waals surface area contributed by atoms with Crippen LogP contribution >= 0.6 is 0 Å². The second kappa shape index (κ2) is 5.63. The first-order valence-corrected chi connectivity index (χ1v) is 8.04. The van der Waals surface area contributed by atoms with Gasteiger partial charge in [0.05, 0.1) is 16.8 Å². The topological polar surface area (TPSA) is 83.8 Å². The van der Waals surface area contributed by atoms with Crippen LogP contribution in [0.2, 0.25) is 0 Å². The number of anilines is 1. The number of hydrogen-bond acceptors (Lipinski definition) is 4. The second-order valence-electron chi connectivity index (χ2n) is 6.10. The Morgan fingerprint density at radius 1 is 1.29 bits per heavy atom. The predicted octanol–water partition coefficient (Wildman–Crippen LogP) is 3.42. The maximum atomic E-state index is 12.8. The summed E-state index contributed by atoms with van der Waals surface area (Å²) in [4.78, 5) is 20.3. The number of hydrogen-bond donors (Lipinski definition) is 2. The van der Waals surface area contributed by atoms with E-state index in [4.69, 9.17) is 4.52 Å². The van der Waals surface area contributed by atoms with Gasteiger partial charge in [0.2, 0.25) is 0 Å². The van der Waals surface area contributed by atoms with Crippen LogP contribution in [-0.4, -0.2) is 21.0 Å². The molecule has 0 radical (unpaired) electrons. The zero-order valence-corrected chi connectivity index (χ0v) is 13.6. The van der Waals surface area contributed by atoms with Crippen LogP contribution in [-0.2, 0) is 12.8 Å². The molecule has 6 heteroatoms. The molecule has 0 fully saturated rings. The number of rotatable bonds is 2. The van der Waals surface area contributed by atoms with Crippen LogP contribution in [0.25, 0.3) is 11.3 Å². The van der Waals surface area contributed by atoms with Crippen molar-refractivity contribution < 1.29 is 9.32 Å². The van der Waals surface area contributed by atoms with Gasteiger partial charge in [0.25, 0.3) is 5.91 Å². The molecule has 0 unspecified atom stereocenters. The van der Waals surface area contributed by atoms with Crippen molar-refractivity contribution in [2.75, 3.05) is 5.32 Å². The molecule has 0 saturated heterocycles. The maximum absolute atomic E-state index is 12.8. The molecule has 1 aliphatic carbocycles. The average molecular weight is 322 g/mol. The maximum Gasteiger partial charge on any atom is 0.259 e. The third-order valence-electron chi connectivity index (χ3n) is 4.40. The SMILES string of the molecule is Cc1cccc(NC(=O)c2c[nH]c3c2-c2onc(C)c2CCC3)n1. The van der Waals surface area contributed by atoms with Crippen LogP contribution in [0.4, 0.5) is 5.82 Å². The summed E-state index contributed by atoms with van der Waals surface area (Å²) in [6.45, 7) is 3.83. The summed E-state index contributed by atoms with van der Waals surface area (Å²) >= 11 is 0. The fraction of sp³-hybridized carbons (Fsp3) is 0.278. The van der Waals surface area contributed by atoms with Crippen molar-refractivity contribution in [2.24, 2.45) is 0 Å². The number of nitrogens with zero attached hydrogens (tertiary/aromatic N) is 2. The minimum Gasteiger partial charge on any atom is -0.364 e. The number of nitrogens with one attached hydrogen (secondary N) is 2. The van der Waals surface area contributed by atoms with Crippen LogP contribution in [0.1, 0.15) is 39.4 Å². The molecule has 3 aromatic heterocycles. The Bertz CT molecular complexity index is 923. The number of fused-ring (bicyclic) bond motifs is 3. The fourth-order valence-electron chi connectivity index (χ4n) is 3.22. The molecule has 0 saturated carbocycles. The van der Waals surface area contributed by atoms with Crippen LogP contribution in [0.15, 0.2) is 28.9 Å². The molecule has 0 aliphatic heterocycles. The number of H-pyrrole nitrogens is 1. The molecule has 0 bridgehead atoms. The second-order valence-corrected chi connectivity index (χ2v) is 6.10. The summed E-state index contributed by atoms with van der Waals surface area (Å²) in [5, 5.41) is 6.94. The first kappa shape index (κ1) is 14.7. The first-order valence-electron chi connectivity index (χ1n) is 8.04. The van der Waals surface area contributed by atoms with Crippen molar-refractivity contribution in [2.45, 2.75) is 33.1 Å². The Balaban J connectivity index is 1.74. The molecule has 0 spiro atoms. The van der Waals surface area contributed by atoms with E-state index in [2.05, 4.69) is 20.4 Å². The molecule has 122 valence electrons. The zero-order valence-electron chi connectivity index (χ0n) is 13.6. The minimum absolute atomic E-state index is 0.201. The van der Waals surface area contributed by atoms with Gasteiger partial charge in [0.15, 0.2) is 5.76 Å². The van der Waals surface area contributed by atoms with Crippen LogP contribution in [0.3, 0.4) is 0 Å². The van der Waals surface area contributed by atoms with E-state index in [0.29, 0.717) is 17.1 Å². The van der Waals surface area contributed by atoms with Crippen LogP contribution in [0.5, 0.6) is 0 Å². The summed E-state index contributed by atoms with van der Waals surface area (Å²) in [6.07, 6.45) is 4.54. The van der Waals surface area contributed by atoms with Crippen molar-refractivity contribution in [1.29, 1.82) is 0 Å². The Morgan fingerprint density at radius 2 is 2.17 bits per heavy atom. The number of carbonyl (C=O) groups is 1. The lowest BCUT2D eigenvalue weighted by Crippen LogP contribution is -2.13. The van der Waals surface area contributed by atoms with Crippen molar-refractivity contribution >= 4 is 11.7 Å². The molecule has 0 aromatic carbocycles. The standard InChI is InChI=1S/C18H18N4O2/c1-10-5-3-8-15(20-10)21-18(23)13-9-19-14-7-4-6-12-11(2)22-24-17(12)16(13)14/h3,5,8-9,19H,4,6-7H2,1-2H3,(H,20,21,23). The van der Waals surface area contributed by atoms with Crippen LogP contribution in [0, 0.1) is 13.8 Å². The normalized spacial score (nSPS) is 13.1. The number of amides is 1. The van der Waals surface area contributed by atoms with Gasteiger partial charge in [-0.3, -0.25) is 4.79 Å². The minimum atomic E-state index is -0.201. The van der Waals surface area contributed by atoms with Gasteiger partial charge in [-0.2, -0.15) is 0 Å². The van der Waals surface area contributed by atoms with E-state index >= 15 is 0 Å². The largest absolute Gasteiger partial charge is 0.364 e. The number of aryl methyl sites for hydroxylation is 3. The van der Waals surface area contributed by atoms with Gasteiger partial charge in [-0.25, -0.2) is 4.98 Å². The lowest BCUT2D eigenvalue weighted by molar-refractivity contribution is 0.102. The molecule has 0 atom stereocenters. The van der Waals surface area contributed by atoms with Gasteiger partial charge in [-0.05, 0) is 45.2 Å². The van der Waals surface area contributed by atoms with Gasteiger partial charge in [0.1, 0.15) is 5.82 Å². The molecular weight excluding hydrogens is 304 g/mol. The fourth-order valence-corrected chi connectivity index (χ4v) is 3.22. The van der Waals surface area contributed by atoms with Gasteiger partial charge in [-0.15, -0.1) is 0 Å². The van der Waals surface area contributed by atoms with Crippen LogP contribution < -0.4 is 5.32 Å². The van der Waals surface area contributed by atoms with Gasteiger partial charge >= 0.3 is 0 Å². The highest BCUT2D eigenvalue weighted by Crippen LogP contribution is 2.36. The third kappa shape index (κ3) is 2.40. The molecular formula is C18H18N4O2. The molecule has 1 aliphatic rings. The summed E-state index contributed by atoms with van der Waals surface area (Å²) in [7, 11) is 0. The Morgan fingerprint density at radius 3 is 3.00 bits per heavy atom. The van der Waals surface area contributed by atoms with E-state index < -0.39 is 0 Å². The summed E-state index contributed by atoms with van der Waals surface area (Å²) in [5.41, 5.74) is 5.25. The lowest BCUT2D eigenvalue weighted by Gasteiger charge is -2.06. The summed E-state index contributed by atoms with van der Waals surface area (Å²) in [5.74, 6) is 1.05. The average Bonchev–Trinajstić information content (AvgIpc) is 3.07. The van der Waals surface area contributed by atoms with E-state index in [1.54, 1.807) is 12.3 Å². The summed E-state index contributed by atoms with van der Waals surface area (Å²) in [6, 6.07) is 5.54. The molecule has 1 amide bonds. The zero-order chi connectivity index (χ0) is 16.7. The quantitative estimate of drug-likeness (QED) is 0.757. The van der Waals surface area contributed by atoms with Crippen molar-refractivity contribution in [3.8, 4) is 11.3 Å². The van der Waals surface area contributed by atoms with E-state index in [1.807, 2.05) is 26.0 Å². The van der Waals surface area contributed by atoms with Gasteiger partial charge in [-0.1, -0.05) is 11.2 Å². The Labute approximate surface area is 139 Å². The molecule has 6 nitrogen and oxygen atoms in total. The smallest absolute Gasteiger partial charge is 0.259 e. The Kier molecular flexibility index (Phi) is 3.45. The predicted molar refractivity (Wildman–Crippen MR) is 90.0 cm³/mol. The summed E-state index contributed by atoms with van der Waals surface area (Å²) < 4.78 is 5.55. The molecule has 24 heavy (non-hydrogen) atoms. The monoisotopic (exact) mass is 322 g/mol. The molecule has 4 rings (SSSR count). The third-order valence-corrected chi connectivity index (χ3v) is 4.40. The molecule has 2 N–H and O–H groups in total. The van der Waals surface area contributed by atoms with E-state index in [9.17, 15) is 4.79 Å². The van der Waals surface area contributed by atoms with Crippen molar-refractivity contribution in [3.05, 3.63) is 52.6 Å². The van der Waals surface area contributed by atoms with Gasteiger partial charge in [0, 0.05) is 23.1 Å². The number of aromatic amines is 1. The number of pyridine rings is 1. The molecule has 3 heterocycles. The number of carbonyl (C=O) groups excluding carboxylic acids is 1. The highest BCUT2D eigenvalue weighted by molar-refractivity contribution is 6.08. The number of aromatic nitrogens is 3.